The molecule has 38 valence electrons. The summed E-state index contributed by atoms with van der Waals surface area (Å²) in [6.45, 7) is 2.00. The molecule has 1 heterocycles. The van der Waals surface area contributed by atoms with Crippen LogP contribution >= 0.6 is 0 Å². The van der Waals surface area contributed by atoms with E-state index < -0.39 is 0 Å². The van der Waals surface area contributed by atoms with Gasteiger partial charge in [-0.25, -0.2) is 0 Å². The van der Waals surface area contributed by atoms with E-state index in [4.69, 9.17) is 4.74 Å². The Morgan fingerprint density at radius 3 is 1.57 bits per heavy atom. The number of halogens is 1. The van der Waals surface area contributed by atoms with Gasteiger partial charge in [0.1, 0.15) is 0 Å². The summed E-state index contributed by atoms with van der Waals surface area (Å²) >= 11 is 0. The maximum Gasteiger partial charge on any atom is 1.00 e. The summed E-state index contributed by atoms with van der Waals surface area (Å²) in [5, 5.41) is 0. The second kappa shape index (κ2) is 7.69. The molecule has 1 saturated heterocycles. The van der Waals surface area contributed by atoms with E-state index in [-0.39, 0.29) is 53.5 Å². The molecule has 1 rings (SSSR count). The average molecular weight is 222 g/mol. The molecule has 0 amide bonds. The Labute approximate surface area is 83.5 Å². The quantitative estimate of drug-likeness (QED) is 0.294. The third-order valence-corrected chi connectivity index (χ3v) is 0.827. The number of hydrogen-bond acceptors (Lipinski definition) is 1. The van der Waals surface area contributed by atoms with Crippen LogP contribution in [0, 0.1) is 0 Å². The average Bonchev–Trinajstić information content (AvgIpc) is 1.76. The normalized spacial score (nSPS) is 17.1. The molecule has 0 aromatic rings. The molecule has 0 aromatic heterocycles. The maximum absolute atomic E-state index is 4.94. The monoisotopic (exact) mass is 222 g/mol. The predicted molar refractivity (Wildman–Crippen MR) is 20.1 cm³/mol. The Morgan fingerprint density at radius 2 is 1.43 bits per heavy atom. The van der Waals surface area contributed by atoms with Crippen molar-refractivity contribution in [1.82, 2.24) is 0 Å². The van der Waals surface area contributed by atoms with Gasteiger partial charge in [0.25, 0.3) is 0 Å². The van der Waals surface area contributed by atoms with E-state index in [1.54, 1.807) is 0 Å². The zero-order chi connectivity index (χ0) is 3.54. The maximum atomic E-state index is 4.94. The van der Waals surface area contributed by atoms with Crippen LogP contribution in [0.2, 0.25) is 0 Å². The minimum Gasteiger partial charge on any atom is -1.00 e. The van der Waals surface area contributed by atoms with Crippen LogP contribution in [0.5, 0.6) is 0 Å². The van der Waals surface area contributed by atoms with Crippen LogP contribution in [0.3, 0.4) is 0 Å². The molecule has 0 aromatic carbocycles. The summed E-state index contributed by atoms with van der Waals surface area (Å²) in [6.07, 6.45) is 2.56. The zero-order valence-corrected chi connectivity index (χ0v) is 8.77. The van der Waals surface area contributed by atoms with E-state index in [0.717, 1.165) is 13.2 Å². The molecule has 1 fully saturated rings. The van der Waals surface area contributed by atoms with Crippen molar-refractivity contribution < 1.29 is 58.3 Å². The van der Waals surface area contributed by atoms with Crippen molar-refractivity contribution in [2.24, 2.45) is 0 Å². The van der Waals surface area contributed by atoms with Crippen molar-refractivity contribution in [1.29, 1.82) is 0 Å². The second-order valence-electron chi connectivity index (χ2n) is 1.32. The molecule has 1 nitrogen and oxygen atoms in total. The van der Waals surface area contributed by atoms with E-state index in [2.05, 4.69) is 0 Å². The van der Waals surface area contributed by atoms with Gasteiger partial charge in [-0.2, -0.15) is 0 Å². The summed E-state index contributed by atoms with van der Waals surface area (Å²) in [5.74, 6) is 0. The van der Waals surface area contributed by atoms with Gasteiger partial charge >= 0.3 is 29.6 Å². The van der Waals surface area contributed by atoms with Crippen molar-refractivity contribution in [2.45, 2.75) is 12.8 Å². The first-order valence-electron chi connectivity index (χ1n) is 2.08. The molecule has 0 radical (unpaired) electrons. The van der Waals surface area contributed by atoms with Crippen molar-refractivity contribution >= 4 is 0 Å². The van der Waals surface area contributed by atoms with Gasteiger partial charge in [0, 0.05) is 13.2 Å². The molecular weight excluding hydrogens is 214 g/mol. The van der Waals surface area contributed by atoms with Crippen molar-refractivity contribution in [3.63, 3.8) is 0 Å². The van der Waals surface area contributed by atoms with Gasteiger partial charge in [-0.05, 0) is 12.8 Å². The number of ether oxygens (including phenoxy) is 1. The van der Waals surface area contributed by atoms with Gasteiger partial charge in [-0.1, -0.05) is 0 Å². The first-order chi connectivity index (χ1) is 2.50. The smallest absolute Gasteiger partial charge is 1.00 e. The van der Waals surface area contributed by atoms with Crippen LogP contribution in [0.1, 0.15) is 12.8 Å². The summed E-state index contributed by atoms with van der Waals surface area (Å²) in [7, 11) is 0. The van der Waals surface area contributed by atoms with Gasteiger partial charge in [-0.3, -0.25) is 0 Å². The molecule has 0 spiro atoms. The SMILES string of the molecule is C1CCOC1.[I-].[Na+]. The Bertz CT molecular complexity index is 23.3. The molecule has 0 unspecified atom stereocenters. The molecule has 0 atom stereocenters. The van der Waals surface area contributed by atoms with Gasteiger partial charge in [-0.15, -0.1) is 0 Å². The summed E-state index contributed by atoms with van der Waals surface area (Å²) in [6, 6.07) is 0. The van der Waals surface area contributed by atoms with E-state index in [0.29, 0.717) is 0 Å². The van der Waals surface area contributed by atoms with Crippen LogP contribution < -0.4 is 53.5 Å². The van der Waals surface area contributed by atoms with E-state index in [1.807, 2.05) is 0 Å². The largest absolute Gasteiger partial charge is 1.00 e. The summed E-state index contributed by atoms with van der Waals surface area (Å²) in [5.41, 5.74) is 0. The summed E-state index contributed by atoms with van der Waals surface area (Å²) in [4.78, 5) is 0. The van der Waals surface area contributed by atoms with Crippen LogP contribution in [0.4, 0.5) is 0 Å². The Kier molecular flexibility index (Phi) is 12.6. The molecule has 0 N–H and O–H groups in total. The molecule has 0 aliphatic carbocycles. The van der Waals surface area contributed by atoms with E-state index in [9.17, 15) is 0 Å². The van der Waals surface area contributed by atoms with Crippen LogP contribution in [-0.4, -0.2) is 13.2 Å². The minimum absolute atomic E-state index is 0. The predicted octanol–water partition coefficient (Wildman–Crippen LogP) is -5.20. The van der Waals surface area contributed by atoms with Crippen LogP contribution in [0.25, 0.3) is 0 Å². The van der Waals surface area contributed by atoms with Crippen LogP contribution in [0.15, 0.2) is 0 Å². The first-order valence-corrected chi connectivity index (χ1v) is 2.08. The molecule has 0 bridgehead atoms. The first kappa shape index (κ1) is 11.5. The number of hydrogen-bond donors (Lipinski definition) is 0. The topological polar surface area (TPSA) is 9.23 Å². The third-order valence-electron chi connectivity index (χ3n) is 0.827. The standard InChI is InChI=1S/C4H8O.HI.Na/c1-2-4-5-3-1;;/h1-4H2;1H;/q;;+1/p-1. The molecule has 0 saturated carbocycles. The van der Waals surface area contributed by atoms with Gasteiger partial charge in [0.2, 0.25) is 0 Å². The fraction of sp³-hybridized carbons (Fsp3) is 1.00. The molecule has 3 heteroatoms. The third kappa shape index (κ3) is 5.56. The van der Waals surface area contributed by atoms with Gasteiger partial charge < -0.3 is 28.7 Å². The second-order valence-corrected chi connectivity index (χ2v) is 1.32. The molecule has 1 aliphatic heterocycles. The van der Waals surface area contributed by atoms with Gasteiger partial charge in [0.05, 0.1) is 0 Å². The molecule has 1 aliphatic rings. The molecular formula is C4H8INaO. The zero-order valence-electron chi connectivity index (χ0n) is 4.61. The Morgan fingerprint density at radius 1 is 1.00 bits per heavy atom. The Hall–Kier alpha value is 1.69. The number of rotatable bonds is 0. The minimum atomic E-state index is 0. The Balaban J connectivity index is 0. The van der Waals surface area contributed by atoms with E-state index in [1.165, 1.54) is 12.8 Å². The van der Waals surface area contributed by atoms with Crippen molar-refractivity contribution in [3.8, 4) is 0 Å². The van der Waals surface area contributed by atoms with Crippen molar-refractivity contribution in [3.05, 3.63) is 0 Å². The van der Waals surface area contributed by atoms with Gasteiger partial charge in [0.15, 0.2) is 0 Å². The van der Waals surface area contributed by atoms with Crippen molar-refractivity contribution in [2.75, 3.05) is 13.2 Å². The van der Waals surface area contributed by atoms with Crippen LogP contribution in [-0.2, 0) is 4.74 Å². The fourth-order valence-electron chi connectivity index (χ4n) is 0.510. The van der Waals surface area contributed by atoms with E-state index >= 15 is 0 Å². The summed E-state index contributed by atoms with van der Waals surface area (Å²) < 4.78 is 4.94. The molecule has 7 heavy (non-hydrogen) atoms. The fourth-order valence-corrected chi connectivity index (χ4v) is 0.510.